The van der Waals surface area contributed by atoms with E-state index in [1.807, 2.05) is 28.0 Å². The average molecular weight is 391 g/mol. The fraction of sp³-hybridized carbons (Fsp3) is 0.435. The summed E-state index contributed by atoms with van der Waals surface area (Å²) in [5.41, 5.74) is 1.47. The molecule has 2 aliphatic heterocycles. The minimum absolute atomic E-state index is 0.0507. The number of fused-ring (bicyclic) bond motifs is 1. The zero-order valence-corrected chi connectivity index (χ0v) is 16.5. The topological polar surface area (TPSA) is 66.7 Å². The molecule has 6 nitrogen and oxygen atoms in total. The second-order valence-corrected chi connectivity index (χ2v) is 8.44. The second-order valence-electron chi connectivity index (χ2n) is 8.44. The van der Waals surface area contributed by atoms with Crippen LogP contribution in [0.3, 0.4) is 0 Å². The Labute approximate surface area is 170 Å². The Hall–Kier alpha value is -2.89. The van der Waals surface area contributed by atoms with Crippen molar-refractivity contribution in [2.75, 3.05) is 19.6 Å². The fourth-order valence-corrected chi connectivity index (χ4v) is 5.20. The van der Waals surface area contributed by atoms with Gasteiger partial charge in [0.1, 0.15) is 5.76 Å². The molecule has 3 heterocycles. The highest BCUT2D eigenvalue weighted by Gasteiger charge is 2.51. The standard InChI is InChI=1S/C23H25N3O3/c1-15-11-20(24-29-15)23(28)26-13-18-12-25(22(27)17-9-5-6-10-17)14-19(18)21(26)16-7-3-2-4-8-16/h2-8,11,17-19,21H,9-10,12-14H2,1H3/t18-,19-,21+/m0/s1. The highest BCUT2D eigenvalue weighted by molar-refractivity contribution is 5.93. The minimum atomic E-state index is -0.0945. The van der Waals surface area contributed by atoms with Crippen LogP contribution in [0.15, 0.2) is 53.1 Å². The van der Waals surface area contributed by atoms with E-state index < -0.39 is 0 Å². The van der Waals surface area contributed by atoms with Gasteiger partial charge in [-0.15, -0.1) is 0 Å². The molecule has 5 rings (SSSR count). The summed E-state index contributed by atoms with van der Waals surface area (Å²) in [4.78, 5) is 30.1. The molecule has 0 unspecified atom stereocenters. The largest absolute Gasteiger partial charge is 0.361 e. The molecule has 3 atom stereocenters. The smallest absolute Gasteiger partial charge is 0.276 e. The first-order valence-electron chi connectivity index (χ1n) is 10.3. The number of aryl methyl sites for hydroxylation is 1. The molecule has 1 aromatic heterocycles. The molecule has 0 spiro atoms. The number of carbonyl (C=O) groups excluding carboxylic acids is 2. The molecule has 2 fully saturated rings. The van der Waals surface area contributed by atoms with E-state index in [-0.39, 0.29) is 35.6 Å². The fourth-order valence-electron chi connectivity index (χ4n) is 5.20. The number of nitrogens with zero attached hydrogens (tertiary/aromatic N) is 3. The summed E-state index contributed by atoms with van der Waals surface area (Å²) in [7, 11) is 0. The number of hydrogen-bond acceptors (Lipinski definition) is 4. The molecular formula is C23H25N3O3. The summed E-state index contributed by atoms with van der Waals surface area (Å²) in [6.07, 6.45) is 5.91. The van der Waals surface area contributed by atoms with E-state index in [4.69, 9.17) is 4.52 Å². The van der Waals surface area contributed by atoms with Gasteiger partial charge in [0.2, 0.25) is 5.91 Å². The molecule has 2 saturated heterocycles. The van der Waals surface area contributed by atoms with Gasteiger partial charge in [-0.3, -0.25) is 9.59 Å². The zero-order chi connectivity index (χ0) is 20.0. The maximum Gasteiger partial charge on any atom is 0.276 e. The first-order valence-corrected chi connectivity index (χ1v) is 10.3. The van der Waals surface area contributed by atoms with E-state index >= 15 is 0 Å². The van der Waals surface area contributed by atoms with Crippen molar-refractivity contribution in [2.24, 2.45) is 17.8 Å². The molecule has 0 radical (unpaired) electrons. The summed E-state index contributed by atoms with van der Waals surface area (Å²) in [6.45, 7) is 3.87. The van der Waals surface area contributed by atoms with Crippen molar-refractivity contribution in [3.63, 3.8) is 0 Å². The van der Waals surface area contributed by atoms with Crippen molar-refractivity contribution >= 4 is 11.8 Å². The van der Waals surface area contributed by atoms with Crippen LogP contribution in [0.25, 0.3) is 0 Å². The molecule has 1 aromatic carbocycles. The van der Waals surface area contributed by atoms with Gasteiger partial charge in [-0.05, 0) is 25.3 Å². The van der Waals surface area contributed by atoms with Crippen molar-refractivity contribution in [3.05, 3.63) is 65.6 Å². The van der Waals surface area contributed by atoms with Crippen LogP contribution >= 0.6 is 0 Å². The number of rotatable bonds is 3. The predicted octanol–water partition coefficient (Wildman–Crippen LogP) is 3.22. The molecule has 29 heavy (non-hydrogen) atoms. The first kappa shape index (κ1) is 18.2. The molecule has 0 saturated carbocycles. The molecule has 150 valence electrons. The van der Waals surface area contributed by atoms with E-state index in [1.165, 1.54) is 0 Å². The number of allylic oxidation sites excluding steroid dienone is 2. The maximum atomic E-state index is 13.2. The third kappa shape index (κ3) is 3.16. The van der Waals surface area contributed by atoms with E-state index in [2.05, 4.69) is 29.4 Å². The van der Waals surface area contributed by atoms with Gasteiger partial charge in [-0.1, -0.05) is 47.6 Å². The number of amides is 2. The van der Waals surface area contributed by atoms with Crippen molar-refractivity contribution < 1.29 is 14.1 Å². The highest BCUT2D eigenvalue weighted by atomic mass is 16.5. The Morgan fingerprint density at radius 1 is 1.07 bits per heavy atom. The third-order valence-corrected chi connectivity index (χ3v) is 6.58. The van der Waals surface area contributed by atoms with Gasteiger partial charge in [-0.25, -0.2) is 0 Å². The van der Waals surface area contributed by atoms with Crippen LogP contribution in [0.2, 0.25) is 0 Å². The number of benzene rings is 1. The Morgan fingerprint density at radius 3 is 2.52 bits per heavy atom. The van der Waals surface area contributed by atoms with Crippen LogP contribution in [-0.4, -0.2) is 46.4 Å². The number of likely N-dealkylation sites (tertiary alicyclic amines) is 2. The Morgan fingerprint density at radius 2 is 1.83 bits per heavy atom. The lowest BCUT2D eigenvalue weighted by molar-refractivity contribution is -0.134. The maximum absolute atomic E-state index is 13.2. The lowest BCUT2D eigenvalue weighted by atomic mass is 9.89. The molecule has 2 aromatic rings. The molecule has 1 aliphatic carbocycles. The van der Waals surface area contributed by atoms with Crippen LogP contribution < -0.4 is 0 Å². The highest BCUT2D eigenvalue weighted by Crippen LogP contribution is 2.46. The summed E-state index contributed by atoms with van der Waals surface area (Å²) < 4.78 is 5.13. The van der Waals surface area contributed by atoms with Crippen LogP contribution in [0.1, 0.15) is 40.7 Å². The van der Waals surface area contributed by atoms with Crippen LogP contribution in [0.5, 0.6) is 0 Å². The van der Waals surface area contributed by atoms with Crippen LogP contribution in [0.4, 0.5) is 0 Å². The van der Waals surface area contributed by atoms with Crippen LogP contribution in [0, 0.1) is 24.7 Å². The Balaban J connectivity index is 1.41. The Bertz CT molecular complexity index is 943. The molecule has 0 bridgehead atoms. The number of carbonyl (C=O) groups is 2. The summed E-state index contributed by atoms with van der Waals surface area (Å²) in [5.74, 6) is 1.43. The first-order chi connectivity index (χ1) is 14.1. The summed E-state index contributed by atoms with van der Waals surface area (Å²) in [5, 5.41) is 3.94. The SMILES string of the molecule is Cc1cc(C(=O)N2C[C@@H]3CN(C(=O)C4CC=CC4)C[C@@H]3[C@H]2c2ccccc2)no1. The zero-order valence-electron chi connectivity index (χ0n) is 16.5. The van der Waals surface area contributed by atoms with Crippen molar-refractivity contribution in [1.29, 1.82) is 0 Å². The third-order valence-electron chi connectivity index (χ3n) is 6.58. The second kappa shape index (κ2) is 7.17. The normalized spacial score (nSPS) is 26.3. The predicted molar refractivity (Wildman–Crippen MR) is 107 cm³/mol. The van der Waals surface area contributed by atoms with Crippen molar-refractivity contribution in [1.82, 2.24) is 15.0 Å². The Kier molecular flexibility index (Phi) is 4.49. The van der Waals surface area contributed by atoms with E-state index in [0.29, 0.717) is 24.5 Å². The lowest BCUT2D eigenvalue weighted by Gasteiger charge is -2.30. The van der Waals surface area contributed by atoms with Gasteiger partial charge in [0.05, 0.1) is 6.04 Å². The monoisotopic (exact) mass is 391 g/mol. The average Bonchev–Trinajstić information content (AvgIpc) is 3.51. The van der Waals surface area contributed by atoms with Gasteiger partial charge >= 0.3 is 0 Å². The quantitative estimate of drug-likeness (QED) is 0.754. The van der Waals surface area contributed by atoms with E-state index in [0.717, 1.165) is 24.9 Å². The molecular weight excluding hydrogens is 366 g/mol. The van der Waals surface area contributed by atoms with Gasteiger partial charge in [0.15, 0.2) is 5.69 Å². The summed E-state index contributed by atoms with van der Waals surface area (Å²) >= 11 is 0. The van der Waals surface area contributed by atoms with Crippen LogP contribution in [-0.2, 0) is 4.79 Å². The molecule has 3 aliphatic rings. The summed E-state index contributed by atoms with van der Waals surface area (Å²) in [6, 6.07) is 11.8. The minimum Gasteiger partial charge on any atom is -0.361 e. The van der Waals surface area contributed by atoms with Gasteiger partial charge < -0.3 is 14.3 Å². The van der Waals surface area contributed by atoms with Gasteiger partial charge in [0.25, 0.3) is 5.91 Å². The number of hydrogen-bond donors (Lipinski definition) is 0. The van der Waals surface area contributed by atoms with Gasteiger partial charge in [0, 0.05) is 43.5 Å². The molecule has 6 heteroatoms. The molecule has 2 amide bonds. The van der Waals surface area contributed by atoms with Crippen molar-refractivity contribution in [2.45, 2.75) is 25.8 Å². The van der Waals surface area contributed by atoms with Gasteiger partial charge in [-0.2, -0.15) is 0 Å². The van der Waals surface area contributed by atoms with E-state index in [1.54, 1.807) is 13.0 Å². The lowest BCUT2D eigenvalue weighted by Crippen LogP contribution is -2.39. The number of aromatic nitrogens is 1. The van der Waals surface area contributed by atoms with Crippen molar-refractivity contribution in [3.8, 4) is 0 Å². The van der Waals surface area contributed by atoms with E-state index in [9.17, 15) is 9.59 Å². The molecule has 0 N–H and O–H groups in total.